The Morgan fingerprint density at radius 2 is 0.864 bits per heavy atom. The molecule has 44 heavy (non-hydrogen) atoms. The summed E-state index contributed by atoms with van der Waals surface area (Å²) in [6.45, 7) is 0. The van der Waals surface area contributed by atoms with Crippen LogP contribution in [0.5, 0.6) is 0 Å². The van der Waals surface area contributed by atoms with Gasteiger partial charge in [-0.3, -0.25) is 0 Å². The van der Waals surface area contributed by atoms with Crippen molar-refractivity contribution in [1.82, 2.24) is 0 Å². The van der Waals surface area contributed by atoms with Gasteiger partial charge in [-0.2, -0.15) is 0 Å². The predicted octanol–water partition coefficient (Wildman–Crippen LogP) is 11.6. The maximum Gasteiger partial charge on any atom is 0.361 e. The lowest BCUT2D eigenvalue weighted by Gasteiger charge is -2.21. The van der Waals surface area contributed by atoms with E-state index in [4.69, 9.17) is 9.15 Å². The minimum atomic E-state index is 0.795. The van der Waals surface area contributed by atoms with E-state index >= 15 is 0 Å². The topological polar surface area (TPSA) is 20.5 Å². The molecule has 6 aromatic rings. The second-order valence-corrected chi connectivity index (χ2v) is 11.4. The summed E-state index contributed by atoms with van der Waals surface area (Å²) in [5.74, 6) is 3.18. The Bertz CT molecular complexity index is 1880. The molecular weight excluding hydrogens is 604 g/mol. The fraction of sp³-hybridized carbons (Fsp3) is 0. The zero-order valence-electron chi connectivity index (χ0n) is 23.9. The molecule has 0 unspecified atom stereocenters. The summed E-state index contributed by atoms with van der Waals surface area (Å²) in [4.78, 5) is 0. The number of ether oxygens (including phenoxy) is 1. The van der Waals surface area contributed by atoms with Crippen molar-refractivity contribution < 1.29 is 9.15 Å². The van der Waals surface area contributed by atoms with Gasteiger partial charge in [-0.05, 0) is 65.3 Å². The average molecular weight is 633 g/mol. The van der Waals surface area contributed by atoms with Crippen LogP contribution in [0.25, 0.3) is 39.7 Å². The lowest BCUT2D eigenvalue weighted by molar-refractivity contribution is 0.467. The van der Waals surface area contributed by atoms with Crippen molar-refractivity contribution in [1.29, 1.82) is 0 Å². The van der Waals surface area contributed by atoms with Crippen molar-refractivity contribution in [3.05, 3.63) is 202 Å². The number of halogens is 1. The van der Waals surface area contributed by atoms with Crippen LogP contribution in [0.1, 0.15) is 22.3 Å². The Labute approximate surface area is 266 Å². The van der Waals surface area contributed by atoms with E-state index in [0.717, 1.165) is 72.0 Å². The van der Waals surface area contributed by atoms with Crippen LogP contribution in [-0.2, 0) is 4.74 Å². The molecule has 0 radical (unpaired) electrons. The van der Waals surface area contributed by atoms with Gasteiger partial charge in [0.1, 0.15) is 11.5 Å². The summed E-state index contributed by atoms with van der Waals surface area (Å²) in [5, 5.41) is 0. The molecule has 1 aliphatic rings. The van der Waals surface area contributed by atoms with E-state index in [-0.39, 0.29) is 0 Å². The quantitative estimate of drug-likeness (QED) is 0.170. The van der Waals surface area contributed by atoms with Gasteiger partial charge < -0.3 is 4.74 Å². The first-order valence-electron chi connectivity index (χ1n) is 14.5. The Balaban J connectivity index is 1.53. The van der Waals surface area contributed by atoms with Crippen molar-refractivity contribution in [3.8, 4) is 22.6 Å². The van der Waals surface area contributed by atoms with E-state index in [9.17, 15) is 0 Å². The minimum Gasteiger partial charge on any atom is -0.456 e. The highest BCUT2D eigenvalue weighted by Gasteiger charge is 2.25. The van der Waals surface area contributed by atoms with Crippen molar-refractivity contribution in [3.63, 3.8) is 0 Å². The first kappa shape index (κ1) is 27.6. The molecule has 2 nitrogen and oxygen atoms in total. The summed E-state index contributed by atoms with van der Waals surface area (Å²) >= 11 is 3.64. The summed E-state index contributed by atoms with van der Waals surface area (Å²) in [6.07, 6.45) is 4.29. The average Bonchev–Trinajstić information content (AvgIpc) is 3.10. The van der Waals surface area contributed by atoms with Crippen LogP contribution in [-0.4, -0.2) is 0 Å². The third-order valence-electron chi connectivity index (χ3n) is 7.53. The van der Waals surface area contributed by atoms with E-state index in [1.54, 1.807) is 0 Å². The van der Waals surface area contributed by atoms with Crippen molar-refractivity contribution in [2.75, 3.05) is 0 Å². The van der Waals surface area contributed by atoms with E-state index in [2.05, 4.69) is 113 Å². The third kappa shape index (κ3) is 5.96. The lowest BCUT2D eigenvalue weighted by Crippen LogP contribution is -2.02. The highest BCUT2D eigenvalue weighted by Crippen LogP contribution is 2.40. The molecule has 210 valence electrons. The largest absolute Gasteiger partial charge is 0.456 e. The van der Waals surface area contributed by atoms with Crippen LogP contribution in [0.2, 0.25) is 0 Å². The van der Waals surface area contributed by atoms with E-state index < -0.39 is 0 Å². The molecule has 0 fully saturated rings. The Hall–Kier alpha value is -5.25. The molecule has 7 rings (SSSR count). The summed E-state index contributed by atoms with van der Waals surface area (Å²) < 4.78 is 14.2. The zero-order chi connectivity index (χ0) is 29.7. The molecule has 3 heteroatoms. The molecular formula is C41H28BrO2+. The normalized spacial score (nSPS) is 12.6. The number of hydrogen-bond acceptors (Lipinski definition) is 1. The SMILES string of the molecule is Brc1ccc(C(=C2C=C(c3ccccc3)OC(c3ccccc3)=C2)c2cc(-c3ccccc3)[o+]c(-c3ccccc3)c2)cc1. The first-order valence-corrected chi connectivity index (χ1v) is 15.3. The molecule has 5 aromatic carbocycles. The zero-order valence-corrected chi connectivity index (χ0v) is 25.4. The molecule has 1 aromatic heterocycles. The standard InChI is InChI=1S/C41H28BrO2/c42-36-23-21-33(22-24-36)41(34-25-37(29-13-5-1-6-14-29)43-38(26-34)30-15-7-2-8-16-30)35-27-39(31-17-9-3-10-18-31)44-40(28-35)32-19-11-4-12-20-32/h1-28H/q+1. The van der Waals surface area contributed by atoms with Gasteiger partial charge in [-0.15, -0.1) is 0 Å². The van der Waals surface area contributed by atoms with Crippen molar-refractivity contribution in [2.45, 2.75) is 0 Å². The van der Waals surface area contributed by atoms with Gasteiger partial charge in [0.15, 0.2) is 0 Å². The Morgan fingerprint density at radius 1 is 0.455 bits per heavy atom. The van der Waals surface area contributed by atoms with Crippen molar-refractivity contribution in [2.24, 2.45) is 0 Å². The maximum atomic E-state index is 6.58. The summed E-state index contributed by atoms with van der Waals surface area (Å²) in [6, 6.07) is 53.8. The number of hydrogen-bond donors (Lipinski definition) is 0. The van der Waals surface area contributed by atoms with E-state index in [1.165, 1.54) is 0 Å². The molecule has 0 saturated carbocycles. The monoisotopic (exact) mass is 631 g/mol. The third-order valence-corrected chi connectivity index (χ3v) is 8.06. The van der Waals surface area contributed by atoms with Gasteiger partial charge in [0.25, 0.3) is 0 Å². The smallest absolute Gasteiger partial charge is 0.361 e. The molecule has 0 N–H and O–H groups in total. The molecule has 0 spiro atoms. The molecule has 1 aliphatic heterocycles. The summed E-state index contributed by atoms with van der Waals surface area (Å²) in [5.41, 5.74) is 8.30. The van der Waals surface area contributed by atoms with Crippen LogP contribution in [0.15, 0.2) is 184 Å². The van der Waals surface area contributed by atoms with Gasteiger partial charge in [-0.25, -0.2) is 4.42 Å². The van der Waals surface area contributed by atoms with Crippen LogP contribution in [0, 0.1) is 0 Å². The van der Waals surface area contributed by atoms with Crippen LogP contribution in [0.4, 0.5) is 0 Å². The van der Waals surface area contributed by atoms with Gasteiger partial charge in [-0.1, -0.05) is 125 Å². The van der Waals surface area contributed by atoms with Crippen LogP contribution >= 0.6 is 15.9 Å². The highest BCUT2D eigenvalue weighted by atomic mass is 79.9. The van der Waals surface area contributed by atoms with Gasteiger partial charge >= 0.3 is 11.5 Å². The lowest BCUT2D eigenvalue weighted by atomic mass is 9.89. The predicted molar refractivity (Wildman–Crippen MR) is 184 cm³/mol. The Kier molecular flexibility index (Phi) is 7.86. The molecule has 2 heterocycles. The first-order chi connectivity index (χ1) is 21.7. The van der Waals surface area contributed by atoms with E-state index in [0.29, 0.717) is 0 Å². The van der Waals surface area contributed by atoms with Gasteiger partial charge in [0, 0.05) is 21.2 Å². The number of benzene rings is 5. The van der Waals surface area contributed by atoms with Gasteiger partial charge in [0.05, 0.1) is 23.3 Å². The van der Waals surface area contributed by atoms with Gasteiger partial charge in [0.2, 0.25) is 0 Å². The van der Waals surface area contributed by atoms with Crippen molar-refractivity contribution >= 4 is 33.0 Å². The number of allylic oxidation sites excluding steroid dienone is 3. The second kappa shape index (κ2) is 12.5. The van der Waals surface area contributed by atoms with E-state index in [1.807, 2.05) is 72.8 Å². The highest BCUT2D eigenvalue weighted by molar-refractivity contribution is 9.10. The number of rotatable bonds is 6. The molecule has 0 atom stereocenters. The molecule has 0 aliphatic carbocycles. The second-order valence-electron chi connectivity index (χ2n) is 10.5. The minimum absolute atomic E-state index is 0.795. The Morgan fingerprint density at radius 3 is 1.30 bits per heavy atom. The fourth-order valence-electron chi connectivity index (χ4n) is 5.39. The molecule has 0 bridgehead atoms. The molecule has 0 saturated heterocycles. The van der Waals surface area contributed by atoms with Crippen LogP contribution in [0.3, 0.4) is 0 Å². The summed E-state index contributed by atoms with van der Waals surface area (Å²) in [7, 11) is 0. The van der Waals surface area contributed by atoms with Crippen LogP contribution < -0.4 is 0 Å². The fourth-order valence-corrected chi connectivity index (χ4v) is 5.65. The molecule has 0 amide bonds. The maximum absolute atomic E-state index is 6.58.